The van der Waals surface area contributed by atoms with Gasteiger partial charge in [0.05, 0.1) is 0 Å². The van der Waals surface area contributed by atoms with Gasteiger partial charge in [-0.2, -0.15) is 11.8 Å². The molecule has 1 rings (SSSR count). The average Bonchev–Trinajstić information content (AvgIpc) is 2.55. The molecule has 2 heteroatoms. The minimum absolute atomic E-state index is 0.710. The van der Waals surface area contributed by atoms with Crippen molar-refractivity contribution < 1.29 is 0 Å². The maximum Gasteiger partial charge on any atom is 0.00466 e. The number of hydrogen-bond acceptors (Lipinski definition) is 2. The third kappa shape index (κ3) is 6.80. The van der Waals surface area contributed by atoms with Crippen LogP contribution in [0.5, 0.6) is 0 Å². The van der Waals surface area contributed by atoms with Gasteiger partial charge in [-0.15, -0.1) is 0 Å². The Balaban J connectivity index is 2.03. The van der Waals surface area contributed by atoms with Gasteiger partial charge in [0.25, 0.3) is 0 Å². The van der Waals surface area contributed by atoms with Crippen molar-refractivity contribution in [3.05, 3.63) is 0 Å². The Kier molecular flexibility index (Phi) is 8.40. The molecule has 1 atom stereocenters. The molecule has 0 aromatic rings. The van der Waals surface area contributed by atoms with Crippen LogP contribution in [0.4, 0.5) is 0 Å². The molecular formula is C14H29NS. The van der Waals surface area contributed by atoms with E-state index in [-0.39, 0.29) is 0 Å². The topological polar surface area (TPSA) is 12.0 Å². The van der Waals surface area contributed by atoms with E-state index in [1.807, 2.05) is 0 Å². The third-order valence-electron chi connectivity index (χ3n) is 3.63. The van der Waals surface area contributed by atoms with Gasteiger partial charge in [-0.1, -0.05) is 32.6 Å². The molecule has 0 aromatic heterocycles. The summed E-state index contributed by atoms with van der Waals surface area (Å²) in [5, 5.41) is 3.73. The predicted molar refractivity (Wildman–Crippen MR) is 76.3 cm³/mol. The highest BCUT2D eigenvalue weighted by Gasteiger charge is 2.12. The minimum atomic E-state index is 0.710. The summed E-state index contributed by atoms with van der Waals surface area (Å²) < 4.78 is 0. The first-order valence-electron chi connectivity index (χ1n) is 7.14. The molecule has 1 N–H and O–H groups in total. The van der Waals surface area contributed by atoms with Gasteiger partial charge in [0.2, 0.25) is 0 Å². The molecule has 0 radical (unpaired) electrons. The van der Waals surface area contributed by atoms with E-state index in [1.165, 1.54) is 63.0 Å². The lowest BCUT2D eigenvalue weighted by Crippen LogP contribution is -2.31. The van der Waals surface area contributed by atoms with Crippen LogP contribution in [-0.2, 0) is 0 Å². The van der Waals surface area contributed by atoms with Crippen LogP contribution in [-0.4, -0.2) is 24.1 Å². The zero-order valence-corrected chi connectivity index (χ0v) is 12.0. The highest BCUT2D eigenvalue weighted by Crippen LogP contribution is 2.22. The van der Waals surface area contributed by atoms with E-state index in [0.29, 0.717) is 6.04 Å². The Bertz CT molecular complexity index is 153. The predicted octanol–water partition coefficient (Wildman–Crippen LogP) is 4.08. The Labute approximate surface area is 106 Å². The summed E-state index contributed by atoms with van der Waals surface area (Å²) in [6.45, 7) is 5.85. The molecule has 0 spiro atoms. The maximum absolute atomic E-state index is 3.73. The molecule has 0 heterocycles. The van der Waals surface area contributed by atoms with Crippen LogP contribution in [0.25, 0.3) is 0 Å². The monoisotopic (exact) mass is 243 g/mol. The maximum atomic E-state index is 3.73. The zero-order valence-electron chi connectivity index (χ0n) is 11.1. The van der Waals surface area contributed by atoms with E-state index in [0.717, 1.165) is 5.92 Å². The normalized spacial score (nSPS) is 20.6. The first-order chi connectivity index (χ1) is 7.83. The summed E-state index contributed by atoms with van der Waals surface area (Å²) in [7, 11) is 0. The van der Waals surface area contributed by atoms with Crippen molar-refractivity contribution >= 4 is 11.8 Å². The van der Waals surface area contributed by atoms with E-state index in [9.17, 15) is 0 Å². The molecule has 1 fully saturated rings. The standard InChI is InChI=1S/C14H29NS/c1-3-16-11-10-13(2)15-12-14-8-6-4-5-7-9-14/h13-15H,3-12H2,1-2H3. The van der Waals surface area contributed by atoms with Gasteiger partial charge < -0.3 is 5.32 Å². The second kappa shape index (κ2) is 9.35. The van der Waals surface area contributed by atoms with Gasteiger partial charge in [-0.25, -0.2) is 0 Å². The van der Waals surface area contributed by atoms with Crippen LogP contribution in [0.1, 0.15) is 58.8 Å². The van der Waals surface area contributed by atoms with Crippen molar-refractivity contribution in [3.63, 3.8) is 0 Å². The van der Waals surface area contributed by atoms with Crippen molar-refractivity contribution in [1.29, 1.82) is 0 Å². The fraction of sp³-hybridized carbons (Fsp3) is 1.00. The van der Waals surface area contributed by atoms with Crippen LogP contribution in [0, 0.1) is 5.92 Å². The first kappa shape index (κ1) is 14.4. The smallest absolute Gasteiger partial charge is 0.00466 e. The van der Waals surface area contributed by atoms with E-state index in [4.69, 9.17) is 0 Å². The van der Waals surface area contributed by atoms with E-state index < -0.39 is 0 Å². The number of nitrogens with one attached hydrogen (secondary N) is 1. The molecule has 1 aliphatic rings. The minimum Gasteiger partial charge on any atom is -0.314 e. The Hall–Kier alpha value is 0.310. The lowest BCUT2D eigenvalue weighted by molar-refractivity contribution is 0.396. The van der Waals surface area contributed by atoms with E-state index >= 15 is 0 Å². The molecule has 1 unspecified atom stereocenters. The van der Waals surface area contributed by atoms with Crippen molar-refractivity contribution in [2.24, 2.45) is 5.92 Å². The number of hydrogen-bond donors (Lipinski definition) is 1. The van der Waals surface area contributed by atoms with Gasteiger partial charge in [-0.05, 0) is 50.2 Å². The van der Waals surface area contributed by atoms with Gasteiger partial charge in [0, 0.05) is 6.04 Å². The highest BCUT2D eigenvalue weighted by atomic mass is 32.2. The fourth-order valence-electron chi connectivity index (χ4n) is 2.44. The van der Waals surface area contributed by atoms with Gasteiger partial charge in [0.15, 0.2) is 0 Å². The van der Waals surface area contributed by atoms with E-state index in [2.05, 4.69) is 30.9 Å². The van der Waals surface area contributed by atoms with Crippen LogP contribution >= 0.6 is 11.8 Å². The molecule has 96 valence electrons. The lowest BCUT2D eigenvalue weighted by Gasteiger charge is -2.19. The fourth-order valence-corrected chi connectivity index (χ4v) is 3.25. The quantitative estimate of drug-likeness (QED) is 0.534. The summed E-state index contributed by atoms with van der Waals surface area (Å²) in [4.78, 5) is 0. The van der Waals surface area contributed by atoms with Crippen LogP contribution in [0.2, 0.25) is 0 Å². The molecule has 1 saturated carbocycles. The Morgan fingerprint density at radius 3 is 2.50 bits per heavy atom. The number of rotatable bonds is 7. The van der Waals surface area contributed by atoms with E-state index in [1.54, 1.807) is 0 Å². The molecule has 0 amide bonds. The highest BCUT2D eigenvalue weighted by molar-refractivity contribution is 7.99. The molecule has 0 saturated heterocycles. The lowest BCUT2D eigenvalue weighted by atomic mass is 10.00. The Morgan fingerprint density at radius 2 is 1.88 bits per heavy atom. The molecule has 0 bridgehead atoms. The average molecular weight is 243 g/mol. The summed E-state index contributed by atoms with van der Waals surface area (Å²) in [5.41, 5.74) is 0. The van der Waals surface area contributed by atoms with Crippen LogP contribution < -0.4 is 5.32 Å². The van der Waals surface area contributed by atoms with Gasteiger partial charge in [0.1, 0.15) is 0 Å². The molecule has 1 nitrogen and oxygen atoms in total. The summed E-state index contributed by atoms with van der Waals surface area (Å²) in [6, 6.07) is 0.710. The number of thioether (sulfide) groups is 1. The van der Waals surface area contributed by atoms with Crippen molar-refractivity contribution in [2.45, 2.75) is 64.8 Å². The zero-order chi connectivity index (χ0) is 11.6. The second-order valence-electron chi connectivity index (χ2n) is 5.15. The molecule has 0 aromatic carbocycles. The molecule has 16 heavy (non-hydrogen) atoms. The van der Waals surface area contributed by atoms with Crippen molar-refractivity contribution in [2.75, 3.05) is 18.1 Å². The first-order valence-corrected chi connectivity index (χ1v) is 8.29. The summed E-state index contributed by atoms with van der Waals surface area (Å²) >= 11 is 2.06. The SMILES string of the molecule is CCSCCC(C)NCC1CCCCCC1. The van der Waals surface area contributed by atoms with Crippen molar-refractivity contribution in [1.82, 2.24) is 5.32 Å². The van der Waals surface area contributed by atoms with Gasteiger partial charge >= 0.3 is 0 Å². The summed E-state index contributed by atoms with van der Waals surface area (Å²) in [6.07, 6.45) is 10.1. The largest absolute Gasteiger partial charge is 0.314 e. The molecule has 1 aliphatic carbocycles. The molecular weight excluding hydrogens is 214 g/mol. The van der Waals surface area contributed by atoms with Crippen molar-refractivity contribution in [3.8, 4) is 0 Å². The summed E-state index contributed by atoms with van der Waals surface area (Å²) in [5.74, 6) is 3.54. The van der Waals surface area contributed by atoms with Crippen LogP contribution in [0.15, 0.2) is 0 Å². The van der Waals surface area contributed by atoms with Crippen LogP contribution in [0.3, 0.4) is 0 Å². The third-order valence-corrected chi connectivity index (χ3v) is 4.56. The second-order valence-corrected chi connectivity index (χ2v) is 6.55. The van der Waals surface area contributed by atoms with Gasteiger partial charge in [-0.3, -0.25) is 0 Å². The Morgan fingerprint density at radius 1 is 1.19 bits per heavy atom. The molecule has 0 aliphatic heterocycles.